The van der Waals surface area contributed by atoms with E-state index in [9.17, 15) is 0 Å². The first-order valence-electron chi connectivity index (χ1n) is 6.09. The van der Waals surface area contributed by atoms with Crippen molar-refractivity contribution < 1.29 is 5.21 Å². The predicted molar refractivity (Wildman–Crippen MR) is 78.7 cm³/mol. The van der Waals surface area contributed by atoms with Gasteiger partial charge in [-0.3, -0.25) is 0 Å². The lowest BCUT2D eigenvalue weighted by atomic mass is 10.1. The van der Waals surface area contributed by atoms with Crippen LogP contribution in [-0.2, 0) is 13.0 Å². The van der Waals surface area contributed by atoms with Crippen molar-refractivity contribution in [3.8, 4) is 0 Å². The van der Waals surface area contributed by atoms with E-state index in [1.165, 1.54) is 4.88 Å². The SMILES string of the molecule is NC(=NO)c1cccc(CNCCc2cccs2)c1. The Morgan fingerprint density at radius 1 is 1.32 bits per heavy atom. The monoisotopic (exact) mass is 275 g/mol. The number of hydrogen-bond acceptors (Lipinski definition) is 4. The molecule has 19 heavy (non-hydrogen) atoms. The van der Waals surface area contributed by atoms with Gasteiger partial charge in [-0.05, 0) is 29.5 Å². The second-order valence-electron chi connectivity index (χ2n) is 4.19. The van der Waals surface area contributed by atoms with E-state index in [2.05, 4.69) is 28.0 Å². The Labute approximate surface area is 116 Å². The van der Waals surface area contributed by atoms with E-state index in [4.69, 9.17) is 10.9 Å². The molecule has 0 bridgehead atoms. The van der Waals surface area contributed by atoms with Crippen LogP contribution < -0.4 is 11.1 Å². The Bertz CT molecular complexity index is 537. The summed E-state index contributed by atoms with van der Waals surface area (Å²) < 4.78 is 0. The highest BCUT2D eigenvalue weighted by Gasteiger charge is 2.00. The second kappa shape index (κ2) is 6.92. The molecule has 0 atom stereocenters. The van der Waals surface area contributed by atoms with Crippen molar-refractivity contribution in [2.45, 2.75) is 13.0 Å². The number of nitrogens with zero attached hydrogens (tertiary/aromatic N) is 1. The molecule has 4 nitrogen and oxygen atoms in total. The van der Waals surface area contributed by atoms with Crippen molar-refractivity contribution in [2.24, 2.45) is 10.9 Å². The maximum absolute atomic E-state index is 8.65. The molecule has 0 unspecified atom stereocenters. The zero-order valence-electron chi connectivity index (χ0n) is 10.5. The van der Waals surface area contributed by atoms with Crippen molar-refractivity contribution in [2.75, 3.05) is 6.54 Å². The van der Waals surface area contributed by atoms with Crippen LogP contribution in [0.15, 0.2) is 46.9 Å². The van der Waals surface area contributed by atoms with Crippen LogP contribution in [0.5, 0.6) is 0 Å². The average molecular weight is 275 g/mol. The molecule has 2 rings (SSSR count). The molecular formula is C14H17N3OS. The zero-order valence-corrected chi connectivity index (χ0v) is 11.4. The van der Waals surface area contributed by atoms with Gasteiger partial charge in [-0.2, -0.15) is 0 Å². The third-order valence-corrected chi connectivity index (χ3v) is 3.72. The van der Waals surface area contributed by atoms with Gasteiger partial charge in [-0.15, -0.1) is 11.3 Å². The highest BCUT2D eigenvalue weighted by Crippen LogP contribution is 2.09. The van der Waals surface area contributed by atoms with Gasteiger partial charge in [-0.25, -0.2) is 0 Å². The number of nitrogens with one attached hydrogen (secondary N) is 1. The minimum absolute atomic E-state index is 0.139. The molecule has 5 heteroatoms. The van der Waals surface area contributed by atoms with E-state index in [-0.39, 0.29) is 5.84 Å². The smallest absolute Gasteiger partial charge is 0.170 e. The van der Waals surface area contributed by atoms with E-state index in [0.29, 0.717) is 0 Å². The average Bonchev–Trinajstić information content (AvgIpc) is 2.96. The van der Waals surface area contributed by atoms with E-state index in [1.807, 2.05) is 24.3 Å². The molecule has 0 saturated carbocycles. The molecule has 1 aromatic carbocycles. The molecule has 4 N–H and O–H groups in total. The number of benzene rings is 1. The van der Waals surface area contributed by atoms with E-state index >= 15 is 0 Å². The van der Waals surface area contributed by atoms with Crippen molar-refractivity contribution in [3.63, 3.8) is 0 Å². The number of hydrogen-bond donors (Lipinski definition) is 3. The highest BCUT2D eigenvalue weighted by atomic mass is 32.1. The fraction of sp³-hybridized carbons (Fsp3) is 0.214. The van der Waals surface area contributed by atoms with Crippen LogP contribution in [0.3, 0.4) is 0 Å². The van der Waals surface area contributed by atoms with Crippen LogP contribution in [0, 0.1) is 0 Å². The second-order valence-corrected chi connectivity index (χ2v) is 5.22. The molecule has 0 aliphatic carbocycles. The zero-order chi connectivity index (χ0) is 13.5. The molecule has 0 aliphatic heterocycles. The van der Waals surface area contributed by atoms with Crippen LogP contribution in [0.4, 0.5) is 0 Å². The summed E-state index contributed by atoms with van der Waals surface area (Å²) in [5.41, 5.74) is 7.42. The van der Waals surface area contributed by atoms with Gasteiger partial charge in [0.15, 0.2) is 5.84 Å². The first-order chi connectivity index (χ1) is 9.29. The van der Waals surface area contributed by atoms with Crippen LogP contribution >= 0.6 is 11.3 Å². The molecule has 2 aromatic rings. The van der Waals surface area contributed by atoms with E-state index in [1.54, 1.807) is 11.3 Å². The molecule has 0 saturated heterocycles. The third-order valence-electron chi connectivity index (χ3n) is 2.79. The normalized spacial score (nSPS) is 11.7. The number of amidine groups is 1. The number of oxime groups is 1. The Morgan fingerprint density at radius 3 is 2.95 bits per heavy atom. The molecular weight excluding hydrogens is 258 g/mol. The molecule has 100 valence electrons. The van der Waals surface area contributed by atoms with Crippen molar-refractivity contribution >= 4 is 17.2 Å². The van der Waals surface area contributed by atoms with E-state index in [0.717, 1.165) is 30.6 Å². The summed E-state index contributed by atoms with van der Waals surface area (Å²) in [6.45, 7) is 1.71. The number of rotatable bonds is 6. The summed E-state index contributed by atoms with van der Waals surface area (Å²) >= 11 is 1.78. The third kappa shape index (κ3) is 4.08. The lowest BCUT2D eigenvalue weighted by Gasteiger charge is -2.06. The van der Waals surface area contributed by atoms with Crippen molar-refractivity contribution in [3.05, 3.63) is 57.8 Å². The maximum atomic E-state index is 8.65. The minimum Gasteiger partial charge on any atom is -0.409 e. The van der Waals surface area contributed by atoms with Gasteiger partial charge in [0.1, 0.15) is 0 Å². The first kappa shape index (κ1) is 13.6. The lowest BCUT2D eigenvalue weighted by molar-refractivity contribution is 0.318. The maximum Gasteiger partial charge on any atom is 0.170 e. The molecule has 0 fully saturated rings. The van der Waals surface area contributed by atoms with Crippen molar-refractivity contribution in [1.29, 1.82) is 0 Å². The molecule has 1 aromatic heterocycles. The summed E-state index contributed by atoms with van der Waals surface area (Å²) in [7, 11) is 0. The lowest BCUT2D eigenvalue weighted by Crippen LogP contribution is -2.17. The number of thiophene rings is 1. The summed E-state index contributed by atoms with van der Waals surface area (Å²) in [6.07, 6.45) is 1.04. The molecule has 0 radical (unpaired) electrons. The van der Waals surface area contributed by atoms with Gasteiger partial charge >= 0.3 is 0 Å². The summed E-state index contributed by atoms with van der Waals surface area (Å²) in [6, 6.07) is 11.9. The van der Waals surface area contributed by atoms with Gasteiger partial charge in [0.05, 0.1) is 0 Å². The van der Waals surface area contributed by atoms with E-state index < -0.39 is 0 Å². The summed E-state index contributed by atoms with van der Waals surface area (Å²) in [5.74, 6) is 0.139. The van der Waals surface area contributed by atoms with Gasteiger partial charge in [0, 0.05) is 23.5 Å². The number of nitrogens with two attached hydrogens (primary N) is 1. The molecule has 0 spiro atoms. The fourth-order valence-corrected chi connectivity index (χ4v) is 2.51. The quantitative estimate of drug-likeness (QED) is 0.249. The standard InChI is InChI=1S/C14H17N3OS/c15-14(17-18)12-4-1-3-11(9-12)10-16-7-6-13-5-2-8-19-13/h1-5,8-9,16,18H,6-7,10H2,(H2,15,17). The Hall–Kier alpha value is -1.85. The van der Waals surface area contributed by atoms with Crippen LogP contribution in [-0.4, -0.2) is 17.6 Å². The predicted octanol–water partition coefficient (Wildman–Crippen LogP) is 2.17. The summed E-state index contributed by atoms with van der Waals surface area (Å²) in [5, 5.41) is 17.1. The Kier molecular flexibility index (Phi) is 4.94. The fourth-order valence-electron chi connectivity index (χ4n) is 1.80. The van der Waals surface area contributed by atoms with Crippen LogP contribution in [0.2, 0.25) is 0 Å². The van der Waals surface area contributed by atoms with Gasteiger partial charge in [-0.1, -0.05) is 29.4 Å². The highest BCUT2D eigenvalue weighted by molar-refractivity contribution is 7.09. The van der Waals surface area contributed by atoms with Gasteiger partial charge in [0.2, 0.25) is 0 Å². The molecule has 1 heterocycles. The molecule has 0 aliphatic rings. The topological polar surface area (TPSA) is 70.6 Å². The van der Waals surface area contributed by atoms with Crippen LogP contribution in [0.25, 0.3) is 0 Å². The first-order valence-corrected chi connectivity index (χ1v) is 6.97. The Balaban J connectivity index is 1.82. The summed E-state index contributed by atoms with van der Waals surface area (Å²) in [4.78, 5) is 1.39. The minimum atomic E-state index is 0.139. The largest absolute Gasteiger partial charge is 0.409 e. The van der Waals surface area contributed by atoms with Crippen molar-refractivity contribution in [1.82, 2.24) is 5.32 Å². The van der Waals surface area contributed by atoms with Crippen LogP contribution in [0.1, 0.15) is 16.0 Å². The molecule has 0 amide bonds. The Morgan fingerprint density at radius 2 is 2.21 bits per heavy atom. The van der Waals surface area contributed by atoms with Gasteiger partial charge < -0.3 is 16.3 Å². The van der Waals surface area contributed by atoms with Gasteiger partial charge in [0.25, 0.3) is 0 Å².